The fourth-order valence-corrected chi connectivity index (χ4v) is 5.55. The summed E-state index contributed by atoms with van der Waals surface area (Å²) in [5, 5.41) is 4.53. The number of rotatable bonds is 13. The van der Waals surface area contributed by atoms with E-state index in [2.05, 4.69) is 112 Å². The van der Waals surface area contributed by atoms with Gasteiger partial charge in [-0.2, -0.15) is 0 Å². The average molecular weight is 601 g/mol. The summed E-state index contributed by atoms with van der Waals surface area (Å²) in [5.41, 5.74) is 5.65. The van der Waals surface area contributed by atoms with E-state index in [0.29, 0.717) is 5.95 Å². The van der Waals surface area contributed by atoms with E-state index in [1.807, 2.05) is 46.0 Å². The van der Waals surface area contributed by atoms with Crippen LogP contribution >= 0.6 is 11.8 Å². The molecular weight excluding hydrogens is 549 g/mol. The second-order valence-corrected chi connectivity index (χ2v) is 12.8. The Morgan fingerprint density at radius 3 is 2.16 bits per heavy atom. The summed E-state index contributed by atoms with van der Waals surface area (Å²) in [5.74, 6) is 1.40. The predicted octanol–water partition coefficient (Wildman–Crippen LogP) is 10.5. The summed E-state index contributed by atoms with van der Waals surface area (Å²) in [6, 6.07) is 21.1. The van der Waals surface area contributed by atoms with Crippen LogP contribution in [0, 0.1) is 6.92 Å². The van der Waals surface area contributed by atoms with Crippen LogP contribution < -0.4 is 5.32 Å². The highest BCUT2D eigenvalue weighted by Gasteiger charge is 2.17. The Hall–Kier alpha value is -3.51. The molecule has 0 aliphatic rings. The second kappa shape index (κ2) is 17.6. The van der Waals surface area contributed by atoms with Gasteiger partial charge in [0.1, 0.15) is 5.60 Å². The van der Waals surface area contributed by atoms with Gasteiger partial charge in [0.15, 0.2) is 0 Å². The van der Waals surface area contributed by atoms with Gasteiger partial charge in [0.25, 0.3) is 0 Å². The first kappa shape index (κ1) is 35.7. The quantitative estimate of drug-likeness (QED) is 0.197. The highest BCUT2D eigenvalue weighted by Crippen LogP contribution is 2.40. The predicted molar refractivity (Wildman–Crippen MR) is 189 cm³/mol. The van der Waals surface area contributed by atoms with Crippen molar-refractivity contribution in [3.05, 3.63) is 113 Å². The minimum absolute atomic E-state index is 0.0775. The maximum Gasteiger partial charge on any atom is 0.223 e. The standard InChI is InChI=1S/C30H38N4S.C7H14O/c1-7-19-34(20-8-2)25(6)35-29(23(4)27-16-12-13-22(3)21-27)28-17-18-31-30(33-28)32-24(5)26-14-10-9-11-15-26;1-6(2)8-7(3,4)5/h9-18,21,24H,6-8,19-20H2,1-5H3,(H,31,32,33);1H2,2-5H3/b29-23+;. The van der Waals surface area contributed by atoms with E-state index in [-0.39, 0.29) is 11.6 Å². The van der Waals surface area contributed by atoms with Crippen LogP contribution in [0.4, 0.5) is 5.95 Å². The highest BCUT2D eigenvalue weighted by atomic mass is 32.2. The fourth-order valence-electron chi connectivity index (χ4n) is 4.51. The summed E-state index contributed by atoms with van der Waals surface area (Å²) < 4.78 is 5.24. The summed E-state index contributed by atoms with van der Waals surface area (Å²) >= 11 is 1.71. The number of hydrogen-bond donors (Lipinski definition) is 1. The molecule has 0 amide bonds. The molecule has 3 rings (SSSR count). The van der Waals surface area contributed by atoms with Crippen LogP contribution in [0.2, 0.25) is 0 Å². The first-order chi connectivity index (χ1) is 20.3. The Balaban J connectivity index is 0.000000708. The van der Waals surface area contributed by atoms with Crippen LogP contribution in [0.3, 0.4) is 0 Å². The lowest BCUT2D eigenvalue weighted by molar-refractivity contribution is 0.0544. The third-order valence-corrected chi connectivity index (χ3v) is 7.58. The number of aromatic nitrogens is 2. The van der Waals surface area contributed by atoms with E-state index in [4.69, 9.17) is 9.72 Å². The molecular formula is C37H52N4OS. The number of ether oxygens (including phenoxy) is 1. The monoisotopic (exact) mass is 600 g/mol. The van der Waals surface area contributed by atoms with Crippen molar-refractivity contribution in [1.29, 1.82) is 0 Å². The topological polar surface area (TPSA) is 50.3 Å². The van der Waals surface area contributed by atoms with E-state index in [1.165, 1.54) is 22.3 Å². The molecule has 0 saturated heterocycles. The molecule has 1 N–H and O–H groups in total. The molecule has 0 spiro atoms. The number of nitrogens with one attached hydrogen (secondary N) is 1. The van der Waals surface area contributed by atoms with Crippen LogP contribution in [0.15, 0.2) is 90.8 Å². The first-order valence-corrected chi connectivity index (χ1v) is 16.0. The minimum Gasteiger partial charge on any atom is -0.493 e. The Morgan fingerprint density at radius 1 is 0.977 bits per heavy atom. The summed E-state index contributed by atoms with van der Waals surface area (Å²) in [4.78, 5) is 13.0. The molecule has 6 heteroatoms. The van der Waals surface area contributed by atoms with Crippen molar-refractivity contribution in [3.63, 3.8) is 0 Å². The number of nitrogens with zero attached hydrogens (tertiary/aromatic N) is 3. The molecule has 0 bridgehead atoms. The SMILES string of the molecule is C=C(C)OC(C)(C)C.C=C(S/C(=C(\C)c1cccc(C)c1)c1ccnc(NC(C)c2ccccc2)n1)N(CCC)CCC. The number of aryl methyl sites for hydroxylation is 1. The molecule has 0 aliphatic carbocycles. The molecule has 1 unspecified atom stereocenters. The van der Waals surface area contributed by atoms with Gasteiger partial charge in [-0.25, -0.2) is 9.97 Å². The van der Waals surface area contributed by atoms with Crippen LogP contribution in [0.1, 0.15) is 96.7 Å². The van der Waals surface area contributed by atoms with Crippen LogP contribution in [0.25, 0.3) is 10.5 Å². The average Bonchev–Trinajstić information content (AvgIpc) is 2.95. The summed E-state index contributed by atoms with van der Waals surface area (Å²) in [6.45, 7) is 28.8. The number of hydrogen-bond acceptors (Lipinski definition) is 6. The zero-order valence-electron chi connectivity index (χ0n) is 27.8. The largest absolute Gasteiger partial charge is 0.493 e. The third kappa shape index (κ3) is 12.7. The van der Waals surface area contributed by atoms with Crippen molar-refractivity contribution in [3.8, 4) is 0 Å². The van der Waals surface area contributed by atoms with E-state index in [0.717, 1.165) is 47.3 Å². The molecule has 1 atom stereocenters. The fraction of sp³-hybridized carbons (Fsp3) is 0.405. The first-order valence-electron chi connectivity index (χ1n) is 15.2. The van der Waals surface area contributed by atoms with Crippen molar-refractivity contribution in [2.75, 3.05) is 18.4 Å². The molecule has 3 aromatic rings. The minimum atomic E-state index is -0.0775. The molecule has 0 radical (unpaired) electrons. The van der Waals surface area contributed by atoms with Gasteiger partial charge in [0, 0.05) is 24.2 Å². The maximum absolute atomic E-state index is 5.24. The van der Waals surface area contributed by atoms with Gasteiger partial charge in [-0.15, -0.1) is 0 Å². The van der Waals surface area contributed by atoms with Crippen molar-refractivity contribution in [1.82, 2.24) is 14.9 Å². The second-order valence-electron chi connectivity index (χ2n) is 11.8. The Morgan fingerprint density at radius 2 is 1.63 bits per heavy atom. The molecule has 2 aromatic carbocycles. The van der Waals surface area contributed by atoms with E-state index in [9.17, 15) is 0 Å². The number of allylic oxidation sites excluding steroid dienone is 2. The van der Waals surface area contributed by atoms with Crippen LogP contribution in [0.5, 0.6) is 0 Å². The van der Waals surface area contributed by atoms with E-state index in [1.54, 1.807) is 11.8 Å². The van der Waals surface area contributed by atoms with Crippen molar-refractivity contribution in [2.45, 2.75) is 86.8 Å². The van der Waals surface area contributed by atoms with Crippen LogP contribution in [-0.4, -0.2) is 33.6 Å². The molecule has 0 fully saturated rings. The third-order valence-electron chi connectivity index (χ3n) is 6.37. The summed E-state index contributed by atoms with van der Waals surface area (Å²) in [7, 11) is 0. The Labute approximate surface area is 265 Å². The van der Waals surface area contributed by atoms with Crippen molar-refractivity contribution < 1.29 is 4.74 Å². The van der Waals surface area contributed by atoms with Crippen molar-refractivity contribution >= 4 is 28.2 Å². The molecule has 43 heavy (non-hydrogen) atoms. The van der Waals surface area contributed by atoms with Gasteiger partial charge >= 0.3 is 0 Å². The molecule has 232 valence electrons. The zero-order valence-corrected chi connectivity index (χ0v) is 28.6. The number of anilines is 1. The molecule has 0 aliphatic heterocycles. The van der Waals surface area contributed by atoms with Crippen LogP contribution in [-0.2, 0) is 4.74 Å². The zero-order chi connectivity index (χ0) is 32.0. The number of thioether (sulfide) groups is 1. The molecule has 5 nitrogen and oxygen atoms in total. The van der Waals surface area contributed by atoms with Gasteiger partial charge < -0.3 is 15.0 Å². The van der Waals surface area contributed by atoms with E-state index >= 15 is 0 Å². The smallest absolute Gasteiger partial charge is 0.223 e. The van der Waals surface area contributed by atoms with Gasteiger partial charge in [-0.1, -0.05) is 98.9 Å². The summed E-state index contributed by atoms with van der Waals surface area (Å²) in [6.07, 6.45) is 4.02. The van der Waals surface area contributed by atoms with Crippen molar-refractivity contribution in [2.24, 2.45) is 0 Å². The van der Waals surface area contributed by atoms with Gasteiger partial charge in [0.05, 0.1) is 22.5 Å². The lowest BCUT2D eigenvalue weighted by atomic mass is 10.0. The molecule has 0 saturated carbocycles. The normalized spacial score (nSPS) is 12.3. The van der Waals surface area contributed by atoms with E-state index < -0.39 is 0 Å². The van der Waals surface area contributed by atoms with Gasteiger partial charge in [-0.3, -0.25) is 0 Å². The highest BCUT2D eigenvalue weighted by molar-refractivity contribution is 8.11. The molecule has 1 heterocycles. The Kier molecular flexibility index (Phi) is 14.6. The Bertz CT molecular complexity index is 1340. The molecule has 1 aromatic heterocycles. The maximum atomic E-state index is 5.24. The number of benzene rings is 2. The van der Waals surface area contributed by atoms with Gasteiger partial charge in [0.2, 0.25) is 5.95 Å². The lowest BCUT2D eigenvalue weighted by Crippen LogP contribution is -2.23. The van der Waals surface area contributed by atoms with Gasteiger partial charge in [-0.05, 0) is 84.1 Å². The lowest BCUT2D eigenvalue weighted by Gasteiger charge is -2.26.